The van der Waals surface area contributed by atoms with Gasteiger partial charge in [-0.3, -0.25) is 9.59 Å². The highest BCUT2D eigenvalue weighted by molar-refractivity contribution is 5.99. The molecule has 8 nitrogen and oxygen atoms in total. The normalized spacial score (nSPS) is 27.6. The van der Waals surface area contributed by atoms with Crippen molar-refractivity contribution in [2.45, 2.75) is 25.0 Å². The van der Waals surface area contributed by atoms with Crippen LogP contribution in [-0.2, 0) is 19.1 Å². The third-order valence-electron chi connectivity index (χ3n) is 5.73. The molecule has 3 aliphatic heterocycles. The number of piperidine rings is 1. The molecule has 2 amide bonds. The molecular weight excluding hydrogens is 352 g/mol. The van der Waals surface area contributed by atoms with Gasteiger partial charge in [0, 0.05) is 37.7 Å². The molecule has 2 atom stereocenters. The fourth-order valence-electron chi connectivity index (χ4n) is 4.05. The highest BCUT2D eigenvalue weighted by Crippen LogP contribution is 2.43. The van der Waals surface area contributed by atoms with Gasteiger partial charge in [0.2, 0.25) is 18.6 Å². The van der Waals surface area contributed by atoms with Crippen molar-refractivity contribution in [3.63, 3.8) is 0 Å². The first kappa shape index (κ1) is 16.8. The topological polar surface area (TPSA) is 86.3 Å². The first-order valence-corrected chi connectivity index (χ1v) is 9.41. The van der Waals surface area contributed by atoms with Crippen molar-refractivity contribution in [1.29, 1.82) is 0 Å². The smallest absolute Gasteiger partial charge is 0.231 e. The number of likely N-dealkylation sites (tertiary alicyclic amines) is 1. The summed E-state index contributed by atoms with van der Waals surface area (Å²) in [5.41, 5.74) is 0.651. The van der Waals surface area contributed by atoms with Gasteiger partial charge >= 0.3 is 0 Å². The summed E-state index contributed by atoms with van der Waals surface area (Å²) in [5, 5.41) is 2.88. The van der Waals surface area contributed by atoms with E-state index < -0.39 is 5.79 Å². The average molecular weight is 374 g/mol. The Hall–Kier alpha value is -2.32. The Kier molecular flexibility index (Phi) is 3.98. The van der Waals surface area contributed by atoms with E-state index in [2.05, 4.69) is 5.32 Å². The van der Waals surface area contributed by atoms with Crippen LogP contribution in [0.3, 0.4) is 0 Å². The summed E-state index contributed by atoms with van der Waals surface area (Å²) in [5.74, 6) is 0.254. The molecule has 27 heavy (non-hydrogen) atoms. The highest BCUT2D eigenvalue weighted by atomic mass is 16.7. The van der Waals surface area contributed by atoms with Crippen molar-refractivity contribution in [3.05, 3.63) is 18.2 Å². The number of carbonyl (C=O) groups excluding carboxylic acids is 2. The van der Waals surface area contributed by atoms with Crippen LogP contribution in [0.5, 0.6) is 11.5 Å². The number of amides is 2. The van der Waals surface area contributed by atoms with Gasteiger partial charge in [0.15, 0.2) is 17.3 Å². The average Bonchev–Trinajstić information content (AvgIpc) is 3.14. The second-order valence-electron chi connectivity index (χ2n) is 7.44. The zero-order valence-electron chi connectivity index (χ0n) is 14.9. The van der Waals surface area contributed by atoms with E-state index in [-0.39, 0.29) is 30.4 Å². The third-order valence-corrected chi connectivity index (χ3v) is 5.73. The minimum absolute atomic E-state index is 0.0636. The Bertz CT molecular complexity index is 765. The van der Waals surface area contributed by atoms with E-state index in [4.69, 9.17) is 18.9 Å². The van der Waals surface area contributed by atoms with Crippen LogP contribution in [0.1, 0.15) is 19.3 Å². The molecule has 1 aromatic carbocycles. The van der Waals surface area contributed by atoms with Gasteiger partial charge in [0.1, 0.15) is 0 Å². The predicted molar refractivity (Wildman–Crippen MR) is 93.2 cm³/mol. The molecule has 5 rings (SSSR count). The molecule has 1 aliphatic carbocycles. The number of benzene rings is 1. The molecule has 1 N–H and O–H groups in total. The maximum atomic E-state index is 12.7. The number of rotatable bonds is 3. The minimum Gasteiger partial charge on any atom is -0.454 e. The third kappa shape index (κ3) is 3.12. The van der Waals surface area contributed by atoms with Crippen LogP contribution in [0.2, 0.25) is 0 Å². The van der Waals surface area contributed by atoms with E-state index in [1.807, 2.05) is 4.90 Å². The fourth-order valence-corrected chi connectivity index (χ4v) is 4.05. The van der Waals surface area contributed by atoms with Crippen molar-refractivity contribution >= 4 is 17.5 Å². The molecule has 0 radical (unpaired) electrons. The Labute approximate surface area is 156 Å². The quantitative estimate of drug-likeness (QED) is 0.860. The zero-order valence-corrected chi connectivity index (χ0v) is 14.9. The monoisotopic (exact) mass is 374 g/mol. The van der Waals surface area contributed by atoms with Gasteiger partial charge in [-0.2, -0.15) is 0 Å². The first-order valence-electron chi connectivity index (χ1n) is 9.41. The van der Waals surface area contributed by atoms with Gasteiger partial charge < -0.3 is 29.2 Å². The molecule has 3 fully saturated rings. The summed E-state index contributed by atoms with van der Waals surface area (Å²) in [6.45, 7) is 2.67. The van der Waals surface area contributed by atoms with Crippen molar-refractivity contribution in [2.24, 2.45) is 11.8 Å². The second-order valence-corrected chi connectivity index (χ2v) is 7.44. The first-order chi connectivity index (χ1) is 13.1. The molecule has 2 unspecified atom stereocenters. The molecule has 2 saturated heterocycles. The molecule has 0 aromatic heterocycles. The molecule has 1 spiro atoms. The standard InChI is InChI=1S/C19H22N2O6/c22-17(20-12-1-2-15-16(9-12)25-11-24-15)13-10-14(13)18(23)21-5-3-19(4-6-21)26-7-8-27-19/h1-2,9,13-14H,3-8,10-11H2,(H,20,22). The van der Waals surface area contributed by atoms with Gasteiger partial charge in [-0.1, -0.05) is 0 Å². The molecule has 8 heteroatoms. The molecular formula is C19H22N2O6. The molecule has 1 aromatic rings. The SMILES string of the molecule is O=C(Nc1ccc2c(c1)OCO2)C1CC1C(=O)N1CCC2(CC1)OCCO2. The van der Waals surface area contributed by atoms with Gasteiger partial charge in [0.05, 0.1) is 25.0 Å². The Morgan fingerprint density at radius 1 is 1.04 bits per heavy atom. The Morgan fingerprint density at radius 3 is 2.56 bits per heavy atom. The molecule has 4 aliphatic rings. The second kappa shape index (κ2) is 6.38. The summed E-state index contributed by atoms with van der Waals surface area (Å²) in [7, 11) is 0. The van der Waals surface area contributed by atoms with Crippen molar-refractivity contribution < 1.29 is 28.5 Å². The number of nitrogens with zero attached hydrogens (tertiary/aromatic N) is 1. The lowest BCUT2D eigenvalue weighted by Gasteiger charge is -2.37. The maximum absolute atomic E-state index is 12.7. The van der Waals surface area contributed by atoms with E-state index in [0.717, 1.165) is 0 Å². The summed E-state index contributed by atoms with van der Waals surface area (Å²) >= 11 is 0. The van der Waals surface area contributed by atoms with Crippen molar-refractivity contribution in [2.75, 3.05) is 38.4 Å². The zero-order chi connectivity index (χ0) is 18.4. The van der Waals surface area contributed by atoms with Gasteiger partial charge in [-0.15, -0.1) is 0 Å². The van der Waals surface area contributed by atoms with Crippen molar-refractivity contribution in [3.8, 4) is 11.5 Å². The van der Waals surface area contributed by atoms with E-state index >= 15 is 0 Å². The summed E-state index contributed by atoms with van der Waals surface area (Å²) in [4.78, 5) is 27.0. The lowest BCUT2D eigenvalue weighted by Crippen LogP contribution is -2.48. The predicted octanol–water partition coefficient (Wildman–Crippen LogP) is 1.36. The Balaban J connectivity index is 1.15. The number of fused-ring (bicyclic) bond motifs is 1. The van der Waals surface area contributed by atoms with E-state index in [9.17, 15) is 9.59 Å². The summed E-state index contributed by atoms with van der Waals surface area (Å²) in [6, 6.07) is 5.28. The van der Waals surface area contributed by atoms with E-state index in [1.54, 1.807) is 18.2 Å². The fraction of sp³-hybridized carbons (Fsp3) is 0.579. The molecule has 144 valence electrons. The van der Waals surface area contributed by atoms with Crippen molar-refractivity contribution in [1.82, 2.24) is 4.90 Å². The van der Waals surface area contributed by atoms with Crippen LogP contribution in [0.15, 0.2) is 18.2 Å². The summed E-state index contributed by atoms with van der Waals surface area (Å²) in [6.07, 6.45) is 1.99. The number of hydrogen-bond donors (Lipinski definition) is 1. The van der Waals surface area contributed by atoms with E-state index in [0.29, 0.717) is 62.8 Å². The lowest BCUT2D eigenvalue weighted by atomic mass is 10.0. The van der Waals surface area contributed by atoms with Crippen LogP contribution >= 0.6 is 0 Å². The van der Waals surface area contributed by atoms with Crippen LogP contribution in [0, 0.1) is 11.8 Å². The van der Waals surface area contributed by atoms with Gasteiger partial charge in [0.25, 0.3) is 0 Å². The molecule has 0 bridgehead atoms. The number of hydrogen-bond acceptors (Lipinski definition) is 6. The van der Waals surface area contributed by atoms with Gasteiger partial charge in [-0.25, -0.2) is 0 Å². The number of nitrogens with one attached hydrogen (secondary N) is 1. The van der Waals surface area contributed by atoms with Gasteiger partial charge in [-0.05, 0) is 18.6 Å². The Morgan fingerprint density at radius 2 is 1.78 bits per heavy atom. The molecule has 3 heterocycles. The molecule has 1 saturated carbocycles. The van der Waals surface area contributed by atoms with Crippen LogP contribution < -0.4 is 14.8 Å². The summed E-state index contributed by atoms with van der Waals surface area (Å²) < 4.78 is 22.0. The number of ether oxygens (including phenoxy) is 4. The minimum atomic E-state index is -0.490. The van der Waals surface area contributed by atoms with Crippen LogP contribution in [-0.4, -0.2) is 55.6 Å². The number of anilines is 1. The number of carbonyl (C=O) groups is 2. The largest absolute Gasteiger partial charge is 0.454 e. The van der Waals surface area contributed by atoms with Crippen LogP contribution in [0.25, 0.3) is 0 Å². The maximum Gasteiger partial charge on any atom is 0.231 e. The van der Waals surface area contributed by atoms with Crippen LogP contribution in [0.4, 0.5) is 5.69 Å². The van der Waals surface area contributed by atoms with E-state index in [1.165, 1.54) is 0 Å². The highest BCUT2D eigenvalue weighted by Gasteiger charge is 2.51. The lowest BCUT2D eigenvalue weighted by molar-refractivity contribution is -0.187.